The second-order valence-corrected chi connectivity index (χ2v) is 2.46. The Bertz CT molecular complexity index is 380. The first-order valence-corrected chi connectivity index (χ1v) is 3.64. The van der Waals surface area contributed by atoms with Gasteiger partial charge in [0.15, 0.2) is 0 Å². The second kappa shape index (κ2) is 3.68. The van der Waals surface area contributed by atoms with E-state index in [1.54, 1.807) is 6.92 Å². The number of nitrogens with zero attached hydrogens (tertiary/aromatic N) is 2. The van der Waals surface area contributed by atoms with Crippen molar-refractivity contribution in [2.24, 2.45) is 0 Å². The number of ether oxygens (including phenoxy) is 1. The summed E-state index contributed by atoms with van der Waals surface area (Å²) < 4.78 is 4.49. The van der Waals surface area contributed by atoms with Crippen molar-refractivity contribution in [3.8, 4) is 6.07 Å². The number of carbonyl (C=O) groups excluding carboxylic acids is 1. The van der Waals surface area contributed by atoms with Gasteiger partial charge in [0, 0.05) is 6.20 Å². The monoisotopic (exact) mass is 176 g/mol. The molecule has 0 saturated carbocycles. The van der Waals surface area contributed by atoms with Crippen molar-refractivity contribution in [1.82, 2.24) is 4.98 Å². The molecule has 0 aliphatic heterocycles. The fraction of sp³-hybridized carbons (Fsp3) is 0.222. The molecule has 1 rings (SSSR count). The number of hydrogen-bond donors (Lipinski definition) is 0. The lowest BCUT2D eigenvalue weighted by atomic mass is 10.1. The van der Waals surface area contributed by atoms with Crippen molar-refractivity contribution >= 4 is 5.97 Å². The van der Waals surface area contributed by atoms with Crippen molar-refractivity contribution in [1.29, 1.82) is 5.26 Å². The van der Waals surface area contributed by atoms with Gasteiger partial charge in [-0.25, -0.2) is 4.79 Å². The Kier molecular flexibility index (Phi) is 2.60. The van der Waals surface area contributed by atoms with E-state index in [0.29, 0.717) is 16.8 Å². The van der Waals surface area contributed by atoms with Crippen LogP contribution >= 0.6 is 0 Å². The highest BCUT2D eigenvalue weighted by molar-refractivity contribution is 5.89. The van der Waals surface area contributed by atoms with E-state index in [1.165, 1.54) is 19.4 Å². The predicted molar refractivity (Wildman–Crippen MR) is 45.0 cm³/mol. The third-order valence-corrected chi connectivity index (χ3v) is 1.63. The van der Waals surface area contributed by atoms with Crippen molar-refractivity contribution in [3.63, 3.8) is 0 Å². The zero-order valence-corrected chi connectivity index (χ0v) is 7.37. The van der Waals surface area contributed by atoms with E-state index < -0.39 is 5.97 Å². The van der Waals surface area contributed by atoms with Crippen molar-refractivity contribution in [3.05, 3.63) is 29.1 Å². The van der Waals surface area contributed by atoms with E-state index >= 15 is 0 Å². The largest absolute Gasteiger partial charge is 0.465 e. The summed E-state index contributed by atoms with van der Waals surface area (Å²) in [5, 5.41) is 8.66. The summed E-state index contributed by atoms with van der Waals surface area (Å²) in [5.74, 6) is -0.482. The summed E-state index contributed by atoms with van der Waals surface area (Å²) in [7, 11) is 1.29. The lowest BCUT2D eigenvalue weighted by molar-refractivity contribution is 0.0600. The minimum absolute atomic E-state index is 0.296. The molecule has 0 atom stereocenters. The van der Waals surface area contributed by atoms with Crippen LogP contribution in [0, 0.1) is 18.3 Å². The smallest absolute Gasteiger partial charge is 0.339 e. The summed E-state index contributed by atoms with van der Waals surface area (Å²) in [6, 6.07) is 3.41. The molecule has 0 aromatic carbocycles. The molecule has 0 spiro atoms. The van der Waals surface area contributed by atoms with Gasteiger partial charge < -0.3 is 4.74 Å². The van der Waals surface area contributed by atoms with Gasteiger partial charge >= 0.3 is 5.97 Å². The van der Waals surface area contributed by atoms with E-state index in [9.17, 15) is 4.79 Å². The molecule has 1 heterocycles. The average molecular weight is 176 g/mol. The topological polar surface area (TPSA) is 63.0 Å². The number of aryl methyl sites for hydroxylation is 1. The fourth-order valence-electron chi connectivity index (χ4n) is 0.876. The Morgan fingerprint density at radius 2 is 2.38 bits per heavy atom. The molecule has 4 heteroatoms. The standard InChI is InChI=1S/C9H8N2O2/c1-6-7(4-10)3-8(5-11-6)9(12)13-2/h3,5H,1-2H3. The number of hydrogen-bond acceptors (Lipinski definition) is 4. The number of rotatable bonds is 1. The van der Waals surface area contributed by atoms with Gasteiger partial charge in [0.05, 0.1) is 23.9 Å². The van der Waals surface area contributed by atoms with E-state index in [1.807, 2.05) is 6.07 Å². The molecular formula is C9H8N2O2. The van der Waals surface area contributed by atoms with Crippen LogP contribution in [0.1, 0.15) is 21.6 Å². The molecule has 1 aromatic rings. The SMILES string of the molecule is COC(=O)c1cnc(C)c(C#N)c1. The molecule has 0 aliphatic carbocycles. The Morgan fingerprint density at radius 3 is 2.92 bits per heavy atom. The van der Waals surface area contributed by atoms with Crippen molar-refractivity contribution < 1.29 is 9.53 Å². The average Bonchev–Trinajstić information content (AvgIpc) is 2.17. The molecule has 4 nitrogen and oxygen atoms in total. The number of pyridine rings is 1. The minimum Gasteiger partial charge on any atom is -0.465 e. The van der Waals surface area contributed by atoms with Gasteiger partial charge in [0.1, 0.15) is 6.07 Å². The maximum absolute atomic E-state index is 11.0. The van der Waals surface area contributed by atoms with E-state index in [2.05, 4.69) is 9.72 Å². The number of methoxy groups -OCH3 is 1. The Morgan fingerprint density at radius 1 is 1.69 bits per heavy atom. The molecule has 0 bridgehead atoms. The summed E-state index contributed by atoms with van der Waals surface area (Å²) in [6.45, 7) is 1.71. The second-order valence-electron chi connectivity index (χ2n) is 2.46. The van der Waals surface area contributed by atoms with E-state index in [-0.39, 0.29) is 0 Å². The van der Waals surface area contributed by atoms with Gasteiger partial charge in [0.2, 0.25) is 0 Å². The number of aromatic nitrogens is 1. The minimum atomic E-state index is -0.482. The molecule has 0 unspecified atom stereocenters. The highest BCUT2D eigenvalue weighted by atomic mass is 16.5. The molecule has 0 amide bonds. The van der Waals surface area contributed by atoms with Gasteiger partial charge in [-0.15, -0.1) is 0 Å². The summed E-state index contributed by atoms with van der Waals surface area (Å²) in [6.07, 6.45) is 1.39. The molecule has 0 saturated heterocycles. The van der Waals surface area contributed by atoms with Gasteiger partial charge in [-0.3, -0.25) is 4.98 Å². The highest BCUT2D eigenvalue weighted by Gasteiger charge is 2.08. The number of carbonyl (C=O) groups is 1. The lowest BCUT2D eigenvalue weighted by Gasteiger charge is -2.00. The molecule has 0 N–H and O–H groups in total. The molecule has 1 aromatic heterocycles. The Hall–Kier alpha value is -1.89. The first-order chi connectivity index (χ1) is 6.19. The van der Waals surface area contributed by atoms with Crippen LogP contribution < -0.4 is 0 Å². The molecule has 0 fully saturated rings. The normalized spacial score (nSPS) is 9.00. The van der Waals surface area contributed by atoms with Gasteiger partial charge in [-0.05, 0) is 13.0 Å². The number of nitriles is 1. The molecule has 13 heavy (non-hydrogen) atoms. The van der Waals surface area contributed by atoms with E-state index in [0.717, 1.165) is 0 Å². The van der Waals surface area contributed by atoms with Gasteiger partial charge in [0.25, 0.3) is 0 Å². The third-order valence-electron chi connectivity index (χ3n) is 1.63. The number of esters is 1. The lowest BCUT2D eigenvalue weighted by Crippen LogP contribution is -2.03. The van der Waals surface area contributed by atoms with Crippen molar-refractivity contribution in [2.45, 2.75) is 6.92 Å². The van der Waals surface area contributed by atoms with E-state index in [4.69, 9.17) is 5.26 Å². The molecule has 0 aliphatic rings. The van der Waals surface area contributed by atoms with Crippen LogP contribution in [0.5, 0.6) is 0 Å². The first-order valence-electron chi connectivity index (χ1n) is 3.64. The summed E-state index contributed by atoms with van der Waals surface area (Å²) in [5.41, 5.74) is 1.29. The van der Waals surface area contributed by atoms with Gasteiger partial charge in [-0.1, -0.05) is 0 Å². The first kappa shape index (κ1) is 9.20. The van der Waals surface area contributed by atoms with Crippen LogP contribution in [0.4, 0.5) is 0 Å². The van der Waals surface area contributed by atoms with Crippen LogP contribution in [-0.4, -0.2) is 18.1 Å². The van der Waals surface area contributed by atoms with Crippen LogP contribution in [0.3, 0.4) is 0 Å². The maximum atomic E-state index is 11.0. The molecule has 66 valence electrons. The molecule has 0 radical (unpaired) electrons. The Balaban J connectivity index is 3.15. The quantitative estimate of drug-likeness (QED) is 0.600. The molecular weight excluding hydrogens is 168 g/mol. The van der Waals surface area contributed by atoms with Crippen LogP contribution in [0.15, 0.2) is 12.3 Å². The van der Waals surface area contributed by atoms with Crippen LogP contribution in [0.2, 0.25) is 0 Å². The maximum Gasteiger partial charge on any atom is 0.339 e. The van der Waals surface area contributed by atoms with Gasteiger partial charge in [-0.2, -0.15) is 5.26 Å². The predicted octanol–water partition coefficient (Wildman–Crippen LogP) is 1.05. The summed E-state index contributed by atoms with van der Waals surface area (Å²) >= 11 is 0. The van der Waals surface area contributed by atoms with Crippen LogP contribution in [0.25, 0.3) is 0 Å². The van der Waals surface area contributed by atoms with Crippen LogP contribution in [-0.2, 0) is 4.74 Å². The zero-order valence-electron chi connectivity index (χ0n) is 7.37. The summed E-state index contributed by atoms with van der Waals surface area (Å²) in [4.78, 5) is 14.9. The third kappa shape index (κ3) is 1.82. The zero-order chi connectivity index (χ0) is 9.84. The fourth-order valence-corrected chi connectivity index (χ4v) is 0.876. The Labute approximate surface area is 75.8 Å². The highest BCUT2D eigenvalue weighted by Crippen LogP contribution is 2.07. The van der Waals surface area contributed by atoms with Crippen molar-refractivity contribution in [2.75, 3.05) is 7.11 Å².